The molecular weight excluding hydrogens is 466 g/mol. The van der Waals surface area contributed by atoms with Crippen LogP contribution in [0.15, 0.2) is 36.8 Å². The number of hydrogen-bond donors (Lipinski definition) is 1. The van der Waals surface area contributed by atoms with E-state index in [2.05, 4.69) is 15.3 Å². The van der Waals surface area contributed by atoms with Crippen LogP contribution in [0.1, 0.15) is 34.7 Å². The Labute approximate surface area is 210 Å². The number of carbonyl (C=O) groups excluding carboxylic acids is 3. The first-order valence-corrected chi connectivity index (χ1v) is 11.7. The predicted molar refractivity (Wildman–Crippen MR) is 132 cm³/mol. The van der Waals surface area contributed by atoms with Crippen molar-refractivity contribution in [3.8, 4) is 5.75 Å². The molecule has 3 atom stereocenters. The largest absolute Gasteiger partial charge is 0.491 e. The fraction of sp³-hybridized carbons (Fsp3) is 0.480. The molecule has 0 saturated heterocycles. The Hall–Kier alpha value is -3.57. The van der Waals surface area contributed by atoms with E-state index in [4.69, 9.17) is 14.2 Å². The molecule has 1 aromatic heterocycles. The van der Waals surface area contributed by atoms with Crippen molar-refractivity contribution in [2.45, 2.75) is 26.0 Å². The van der Waals surface area contributed by atoms with E-state index in [1.165, 1.54) is 25.7 Å². The van der Waals surface area contributed by atoms with Crippen LogP contribution >= 0.6 is 0 Å². The lowest BCUT2D eigenvalue weighted by atomic mass is 10.0. The zero-order chi connectivity index (χ0) is 26.2. The lowest BCUT2D eigenvalue weighted by molar-refractivity contribution is -0.119. The zero-order valence-electron chi connectivity index (χ0n) is 21.3. The van der Waals surface area contributed by atoms with Gasteiger partial charge in [0.2, 0.25) is 5.91 Å². The number of likely N-dealkylation sites (N-methyl/N-ethyl adjacent to an activating group) is 1. The molecule has 0 radical (unpaired) electrons. The van der Waals surface area contributed by atoms with E-state index in [9.17, 15) is 14.4 Å². The minimum atomic E-state index is -0.369. The van der Waals surface area contributed by atoms with E-state index >= 15 is 0 Å². The van der Waals surface area contributed by atoms with Crippen LogP contribution in [0.5, 0.6) is 5.75 Å². The third-order valence-electron chi connectivity index (χ3n) is 6.05. The topological polar surface area (TPSA) is 123 Å². The molecule has 2 heterocycles. The number of rotatable bonds is 5. The van der Waals surface area contributed by atoms with Gasteiger partial charge in [0.1, 0.15) is 24.7 Å². The lowest BCUT2D eigenvalue weighted by Crippen LogP contribution is -2.48. The molecule has 11 nitrogen and oxygen atoms in total. The summed E-state index contributed by atoms with van der Waals surface area (Å²) in [5.74, 6) is -0.646. The van der Waals surface area contributed by atoms with E-state index in [0.717, 1.165) is 0 Å². The second-order valence-electron chi connectivity index (χ2n) is 8.84. The Balaban J connectivity index is 1.97. The second-order valence-corrected chi connectivity index (χ2v) is 8.84. The molecule has 1 aliphatic rings. The Morgan fingerprint density at radius 2 is 1.97 bits per heavy atom. The number of aromatic nitrogens is 2. The van der Waals surface area contributed by atoms with Gasteiger partial charge in [-0.05, 0) is 19.1 Å². The smallest absolute Gasteiger partial charge is 0.274 e. The fourth-order valence-corrected chi connectivity index (χ4v) is 4.02. The van der Waals surface area contributed by atoms with Gasteiger partial charge in [0.25, 0.3) is 11.8 Å². The summed E-state index contributed by atoms with van der Waals surface area (Å²) in [5, 5.41) is 2.72. The van der Waals surface area contributed by atoms with Crippen LogP contribution in [-0.4, -0.2) is 97.2 Å². The molecule has 0 unspecified atom stereocenters. The highest BCUT2D eigenvalue weighted by molar-refractivity contribution is 5.98. The number of methoxy groups -OCH3 is 2. The van der Waals surface area contributed by atoms with Crippen molar-refractivity contribution >= 4 is 23.4 Å². The molecule has 0 spiro atoms. The summed E-state index contributed by atoms with van der Waals surface area (Å²) in [6, 6.07) is 4.47. The van der Waals surface area contributed by atoms with Crippen molar-refractivity contribution in [1.82, 2.24) is 19.8 Å². The highest BCUT2D eigenvalue weighted by atomic mass is 16.5. The second kappa shape index (κ2) is 12.4. The maximum Gasteiger partial charge on any atom is 0.274 e. The van der Waals surface area contributed by atoms with E-state index in [-0.39, 0.29) is 54.7 Å². The molecule has 1 aromatic carbocycles. The number of nitrogens with zero attached hydrogens (tertiary/aromatic N) is 4. The Morgan fingerprint density at radius 3 is 2.64 bits per heavy atom. The molecule has 36 heavy (non-hydrogen) atoms. The van der Waals surface area contributed by atoms with E-state index in [1.807, 2.05) is 13.8 Å². The first-order chi connectivity index (χ1) is 17.2. The van der Waals surface area contributed by atoms with Gasteiger partial charge in [-0.15, -0.1) is 0 Å². The maximum atomic E-state index is 13.4. The quantitative estimate of drug-likeness (QED) is 0.660. The summed E-state index contributed by atoms with van der Waals surface area (Å²) in [7, 11) is 4.71. The molecule has 0 fully saturated rings. The van der Waals surface area contributed by atoms with Gasteiger partial charge in [0.05, 0.1) is 23.9 Å². The van der Waals surface area contributed by atoms with Crippen LogP contribution in [-0.2, 0) is 14.3 Å². The fourth-order valence-electron chi connectivity index (χ4n) is 4.02. The monoisotopic (exact) mass is 499 g/mol. The number of ether oxygens (including phenoxy) is 3. The summed E-state index contributed by atoms with van der Waals surface area (Å²) in [6.45, 7) is 4.52. The summed E-state index contributed by atoms with van der Waals surface area (Å²) < 4.78 is 16.7. The van der Waals surface area contributed by atoms with Gasteiger partial charge in [0, 0.05) is 64.4 Å². The number of anilines is 1. The van der Waals surface area contributed by atoms with Gasteiger partial charge < -0.3 is 29.3 Å². The minimum Gasteiger partial charge on any atom is -0.491 e. The van der Waals surface area contributed by atoms with Crippen molar-refractivity contribution in [3.63, 3.8) is 0 Å². The molecule has 3 amide bonds. The average Bonchev–Trinajstić information content (AvgIpc) is 2.88. The highest BCUT2D eigenvalue weighted by Crippen LogP contribution is 2.27. The first kappa shape index (κ1) is 27.0. The number of carbonyl (C=O) groups is 3. The molecule has 11 heteroatoms. The van der Waals surface area contributed by atoms with Crippen LogP contribution in [0, 0.1) is 5.92 Å². The number of nitrogens with one attached hydrogen (secondary N) is 1. The number of fused-ring (bicyclic) bond motifs is 1. The number of amides is 3. The summed E-state index contributed by atoms with van der Waals surface area (Å²) in [5.41, 5.74) is 1.03. The van der Waals surface area contributed by atoms with E-state index in [1.54, 1.807) is 42.2 Å². The van der Waals surface area contributed by atoms with Crippen LogP contribution in [0.4, 0.5) is 5.69 Å². The third-order valence-corrected chi connectivity index (χ3v) is 6.05. The van der Waals surface area contributed by atoms with Crippen molar-refractivity contribution < 1.29 is 28.6 Å². The molecule has 3 rings (SSSR count). The van der Waals surface area contributed by atoms with Crippen LogP contribution in [0.2, 0.25) is 0 Å². The van der Waals surface area contributed by atoms with Crippen LogP contribution in [0.25, 0.3) is 0 Å². The summed E-state index contributed by atoms with van der Waals surface area (Å²) in [4.78, 5) is 50.1. The van der Waals surface area contributed by atoms with Gasteiger partial charge in [0.15, 0.2) is 0 Å². The average molecular weight is 500 g/mol. The van der Waals surface area contributed by atoms with Gasteiger partial charge in [-0.3, -0.25) is 19.4 Å². The van der Waals surface area contributed by atoms with Crippen molar-refractivity contribution in [2.75, 3.05) is 52.9 Å². The molecule has 0 aliphatic carbocycles. The molecule has 0 saturated carbocycles. The molecule has 1 N–H and O–H groups in total. The Morgan fingerprint density at radius 1 is 1.19 bits per heavy atom. The maximum absolute atomic E-state index is 13.4. The zero-order valence-corrected chi connectivity index (χ0v) is 21.3. The first-order valence-electron chi connectivity index (χ1n) is 11.7. The van der Waals surface area contributed by atoms with Gasteiger partial charge in [-0.1, -0.05) is 6.92 Å². The van der Waals surface area contributed by atoms with Crippen molar-refractivity contribution in [2.24, 2.45) is 5.92 Å². The minimum absolute atomic E-state index is 0.0920. The van der Waals surface area contributed by atoms with Crippen molar-refractivity contribution in [3.05, 3.63) is 48.0 Å². The molecule has 0 bridgehead atoms. The summed E-state index contributed by atoms with van der Waals surface area (Å²) in [6.07, 6.45) is 4.10. The number of benzene rings is 1. The lowest BCUT2D eigenvalue weighted by Gasteiger charge is -2.35. The van der Waals surface area contributed by atoms with Crippen LogP contribution < -0.4 is 10.1 Å². The Bertz CT molecular complexity index is 1070. The standard InChI is InChI=1S/C25H33N5O6/c1-16-12-30(25(33)20-11-26-8-9-27-20)17(2)14-36-21-10-18(28-23(31)15-34-4)6-7-19(21)24(32)29(3)13-22(16)35-5/h6-11,16-17,22H,12-15H2,1-5H3,(H,28,31)/t16-,17+,22-/m1/s1. The number of hydrogen-bond acceptors (Lipinski definition) is 8. The summed E-state index contributed by atoms with van der Waals surface area (Å²) >= 11 is 0. The van der Waals surface area contributed by atoms with E-state index in [0.29, 0.717) is 30.1 Å². The molecule has 2 aromatic rings. The molecular formula is C25H33N5O6. The molecule has 194 valence electrons. The van der Waals surface area contributed by atoms with Gasteiger partial charge in [-0.2, -0.15) is 0 Å². The highest BCUT2D eigenvalue weighted by Gasteiger charge is 2.31. The van der Waals surface area contributed by atoms with Gasteiger partial charge >= 0.3 is 0 Å². The normalized spacial score (nSPS) is 21.0. The third kappa shape index (κ3) is 6.55. The van der Waals surface area contributed by atoms with Crippen molar-refractivity contribution in [1.29, 1.82) is 0 Å². The molecule has 1 aliphatic heterocycles. The SMILES string of the molecule is COCC(=O)Nc1ccc2c(c1)OC[C@H](C)N(C(=O)c1cnccn1)C[C@@H](C)[C@H](OC)CN(C)C2=O. The Kier molecular flexibility index (Phi) is 9.31. The van der Waals surface area contributed by atoms with E-state index < -0.39 is 0 Å². The predicted octanol–water partition coefficient (Wildman–Crippen LogP) is 1.71. The van der Waals surface area contributed by atoms with Crippen LogP contribution in [0.3, 0.4) is 0 Å². The van der Waals surface area contributed by atoms with Gasteiger partial charge in [-0.25, -0.2) is 4.98 Å².